The molecule has 0 saturated carbocycles. The molecule has 0 aliphatic heterocycles. The van der Waals surface area contributed by atoms with Gasteiger partial charge in [-0.3, -0.25) is 4.99 Å². The molecule has 0 fully saturated rings. The number of benzene rings is 1. The number of ether oxygens (including phenoxy) is 2. The number of guanidine groups is 1. The minimum atomic E-state index is -0.758. The number of nitrogens with zero attached hydrogens (tertiary/aromatic N) is 3. The molecule has 28 heavy (non-hydrogen) atoms. The van der Waals surface area contributed by atoms with Gasteiger partial charge in [0.15, 0.2) is 5.96 Å². The molecule has 8 heteroatoms. The molecule has 0 aliphatic carbocycles. The number of halogens is 1. The van der Waals surface area contributed by atoms with Gasteiger partial charge >= 0.3 is 0 Å². The molecular formula is C20H31IN4O3. The van der Waals surface area contributed by atoms with Crippen molar-refractivity contribution in [2.24, 2.45) is 12.0 Å². The molecule has 0 bridgehead atoms. The van der Waals surface area contributed by atoms with Crippen LogP contribution >= 0.6 is 24.0 Å². The Labute approximate surface area is 184 Å². The van der Waals surface area contributed by atoms with Crippen LogP contribution in [-0.4, -0.2) is 54.9 Å². The van der Waals surface area contributed by atoms with E-state index in [9.17, 15) is 5.11 Å². The zero-order chi connectivity index (χ0) is 19.8. The van der Waals surface area contributed by atoms with E-state index >= 15 is 0 Å². The SMILES string of the molecule is CCNC(=NCC(O)c1cc(OC)cc(OC)c1)N(C)Cc1cccn1C.I. The lowest BCUT2D eigenvalue weighted by atomic mass is 10.1. The molecule has 156 valence electrons. The van der Waals surface area contributed by atoms with Crippen LogP contribution in [-0.2, 0) is 13.6 Å². The number of rotatable bonds is 8. The Kier molecular flexibility index (Phi) is 10.2. The van der Waals surface area contributed by atoms with Crippen molar-refractivity contribution < 1.29 is 14.6 Å². The number of hydrogen-bond donors (Lipinski definition) is 2. The maximum Gasteiger partial charge on any atom is 0.194 e. The molecule has 0 amide bonds. The number of aryl methyl sites for hydroxylation is 1. The van der Waals surface area contributed by atoms with Gasteiger partial charge in [0.25, 0.3) is 0 Å². The number of aliphatic imine (C=N–C) groups is 1. The Morgan fingerprint density at radius 3 is 2.39 bits per heavy atom. The zero-order valence-electron chi connectivity index (χ0n) is 17.2. The first-order valence-corrected chi connectivity index (χ1v) is 8.99. The molecule has 1 heterocycles. The molecule has 1 atom stereocenters. The average Bonchev–Trinajstić information content (AvgIpc) is 3.08. The molecule has 0 spiro atoms. The van der Waals surface area contributed by atoms with Gasteiger partial charge in [0.05, 0.1) is 33.4 Å². The first kappa shape index (κ1) is 24.1. The van der Waals surface area contributed by atoms with Crippen LogP contribution in [0.4, 0.5) is 0 Å². The van der Waals surface area contributed by atoms with Crippen LogP contribution in [0.5, 0.6) is 11.5 Å². The van der Waals surface area contributed by atoms with Crippen molar-refractivity contribution in [1.82, 2.24) is 14.8 Å². The lowest BCUT2D eigenvalue weighted by Crippen LogP contribution is -2.39. The molecule has 0 saturated heterocycles. The van der Waals surface area contributed by atoms with Crippen LogP contribution in [0.15, 0.2) is 41.5 Å². The third kappa shape index (κ3) is 6.59. The van der Waals surface area contributed by atoms with Gasteiger partial charge in [-0.25, -0.2) is 0 Å². The van der Waals surface area contributed by atoms with Crippen molar-refractivity contribution in [3.05, 3.63) is 47.8 Å². The topological polar surface area (TPSA) is 71.2 Å². The van der Waals surface area contributed by atoms with E-state index in [4.69, 9.17) is 9.47 Å². The molecule has 1 aromatic heterocycles. The van der Waals surface area contributed by atoms with Gasteiger partial charge in [0.1, 0.15) is 11.5 Å². The lowest BCUT2D eigenvalue weighted by Gasteiger charge is -2.23. The Bertz CT molecular complexity index is 741. The summed E-state index contributed by atoms with van der Waals surface area (Å²) in [6.07, 6.45) is 1.26. The number of aliphatic hydroxyl groups is 1. The highest BCUT2D eigenvalue weighted by atomic mass is 127. The average molecular weight is 502 g/mol. The Morgan fingerprint density at radius 2 is 1.89 bits per heavy atom. The summed E-state index contributed by atoms with van der Waals surface area (Å²) in [5.41, 5.74) is 1.89. The second-order valence-corrected chi connectivity index (χ2v) is 6.32. The highest BCUT2D eigenvalue weighted by Gasteiger charge is 2.13. The van der Waals surface area contributed by atoms with E-state index in [-0.39, 0.29) is 30.5 Å². The maximum atomic E-state index is 10.6. The fourth-order valence-electron chi connectivity index (χ4n) is 2.75. The van der Waals surface area contributed by atoms with Gasteiger partial charge in [0.2, 0.25) is 0 Å². The predicted octanol–water partition coefficient (Wildman–Crippen LogP) is 2.79. The van der Waals surface area contributed by atoms with Gasteiger partial charge in [-0.15, -0.1) is 24.0 Å². The van der Waals surface area contributed by atoms with E-state index < -0.39 is 6.10 Å². The first-order chi connectivity index (χ1) is 13.0. The molecular weight excluding hydrogens is 471 g/mol. The Hall–Kier alpha value is -1.94. The van der Waals surface area contributed by atoms with Crippen LogP contribution in [0.1, 0.15) is 24.3 Å². The molecule has 2 aromatic rings. The van der Waals surface area contributed by atoms with E-state index in [1.165, 1.54) is 5.69 Å². The van der Waals surface area contributed by atoms with Crippen molar-refractivity contribution in [3.8, 4) is 11.5 Å². The standard InChI is InChI=1S/C20H30N4O3.HI/c1-6-21-20(24(3)14-16-8-7-9-23(16)2)22-13-19(25)15-10-17(26-4)12-18(11-15)27-5;/h7-12,19,25H,6,13-14H2,1-5H3,(H,21,22);1H. The Morgan fingerprint density at radius 1 is 1.25 bits per heavy atom. The van der Waals surface area contributed by atoms with Gasteiger partial charge in [-0.2, -0.15) is 0 Å². The minimum absolute atomic E-state index is 0. The van der Waals surface area contributed by atoms with Crippen LogP contribution in [0, 0.1) is 0 Å². The van der Waals surface area contributed by atoms with E-state index in [0.717, 1.165) is 19.0 Å². The monoisotopic (exact) mass is 502 g/mol. The third-order valence-corrected chi connectivity index (χ3v) is 4.32. The van der Waals surface area contributed by atoms with E-state index in [1.807, 2.05) is 38.2 Å². The second-order valence-electron chi connectivity index (χ2n) is 6.32. The smallest absolute Gasteiger partial charge is 0.194 e. The summed E-state index contributed by atoms with van der Waals surface area (Å²) in [6, 6.07) is 9.47. The summed E-state index contributed by atoms with van der Waals surface area (Å²) in [5, 5.41) is 13.9. The fourth-order valence-corrected chi connectivity index (χ4v) is 2.75. The van der Waals surface area contributed by atoms with Crippen molar-refractivity contribution in [1.29, 1.82) is 0 Å². The summed E-state index contributed by atoms with van der Waals surface area (Å²) in [6.45, 7) is 3.73. The minimum Gasteiger partial charge on any atom is -0.497 e. The molecule has 2 rings (SSSR count). The largest absolute Gasteiger partial charge is 0.497 e. The number of methoxy groups -OCH3 is 2. The summed E-state index contributed by atoms with van der Waals surface area (Å²) in [7, 11) is 7.18. The van der Waals surface area contributed by atoms with E-state index in [2.05, 4.69) is 20.9 Å². The molecule has 2 N–H and O–H groups in total. The highest BCUT2D eigenvalue weighted by molar-refractivity contribution is 14.0. The quantitative estimate of drug-likeness (QED) is 0.330. The van der Waals surface area contributed by atoms with Crippen molar-refractivity contribution in [3.63, 3.8) is 0 Å². The summed E-state index contributed by atoms with van der Waals surface area (Å²) >= 11 is 0. The number of nitrogens with one attached hydrogen (secondary N) is 1. The van der Waals surface area contributed by atoms with E-state index in [1.54, 1.807) is 32.4 Å². The number of aliphatic hydroxyl groups excluding tert-OH is 1. The fraction of sp³-hybridized carbons (Fsp3) is 0.450. The van der Waals surface area contributed by atoms with E-state index in [0.29, 0.717) is 17.1 Å². The van der Waals surface area contributed by atoms with Gasteiger partial charge in [-0.05, 0) is 36.8 Å². The predicted molar refractivity (Wildman–Crippen MR) is 123 cm³/mol. The maximum absolute atomic E-state index is 10.6. The third-order valence-electron chi connectivity index (χ3n) is 4.32. The van der Waals surface area contributed by atoms with Gasteiger partial charge in [0, 0.05) is 38.6 Å². The Balaban J connectivity index is 0.00000392. The molecule has 1 aromatic carbocycles. The number of hydrogen-bond acceptors (Lipinski definition) is 4. The normalized spacial score (nSPS) is 12.1. The lowest BCUT2D eigenvalue weighted by molar-refractivity contribution is 0.185. The second kappa shape index (κ2) is 11.8. The van der Waals surface area contributed by atoms with Crippen molar-refractivity contribution in [2.75, 3.05) is 34.4 Å². The molecule has 1 unspecified atom stereocenters. The summed E-state index contributed by atoms with van der Waals surface area (Å²) in [5.74, 6) is 2.02. The van der Waals surface area contributed by atoms with Crippen molar-refractivity contribution >= 4 is 29.9 Å². The van der Waals surface area contributed by atoms with Crippen LogP contribution in [0.3, 0.4) is 0 Å². The summed E-state index contributed by atoms with van der Waals surface area (Å²) in [4.78, 5) is 6.64. The molecule has 7 nitrogen and oxygen atoms in total. The molecule has 0 aliphatic rings. The van der Waals surface area contributed by atoms with Crippen LogP contribution in [0.25, 0.3) is 0 Å². The first-order valence-electron chi connectivity index (χ1n) is 8.99. The van der Waals surface area contributed by atoms with Gasteiger partial charge in [-0.1, -0.05) is 0 Å². The van der Waals surface area contributed by atoms with Crippen LogP contribution < -0.4 is 14.8 Å². The molecule has 0 radical (unpaired) electrons. The van der Waals surface area contributed by atoms with Crippen LogP contribution in [0.2, 0.25) is 0 Å². The highest BCUT2D eigenvalue weighted by Crippen LogP contribution is 2.26. The number of aromatic nitrogens is 1. The summed E-state index contributed by atoms with van der Waals surface area (Å²) < 4.78 is 12.6. The zero-order valence-corrected chi connectivity index (χ0v) is 19.5. The van der Waals surface area contributed by atoms with Gasteiger partial charge < -0.3 is 29.4 Å². The van der Waals surface area contributed by atoms with Crippen molar-refractivity contribution in [2.45, 2.75) is 19.6 Å².